The average Bonchev–Trinajstić information content (AvgIpc) is 3.02. The molecule has 0 spiro atoms. The molecule has 4 rings (SSSR count). The van der Waals surface area contributed by atoms with Crippen LogP contribution < -0.4 is 0 Å². The minimum atomic E-state index is -0.0399. The van der Waals surface area contributed by atoms with E-state index in [0.717, 1.165) is 38.5 Å². The summed E-state index contributed by atoms with van der Waals surface area (Å²) in [6.07, 6.45) is 9.48. The lowest BCUT2D eigenvalue weighted by Gasteiger charge is -2.58. The molecule has 5 unspecified atom stereocenters. The van der Waals surface area contributed by atoms with Crippen molar-refractivity contribution < 1.29 is 9.68 Å². The SMILES string of the molecule is CCCCC(CC)ON1C(C)(C)CC(c2ccc(C3CC(C(C)C)N(OCc4ccccc4)C(C(C)C)C3)cc2)CC1(C)C(C)C. The van der Waals surface area contributed by atoms with Crippen molar-refractivity contribution in [1.29, 1.82) is 0 Å². The molecule has 2 saturated heterocycles. The van der Waals surface area contributed by atoms with Gasteiger partial charge in [0.15, 0.2) is 0 Å². The van der Waals surface area contributed by atoms with Crippen LogP contribution in [-0.2, 0) is 16.3 Å². The van der Waals surface area contributed by atoms with Crippen LogP contribution in [0.2, 0.25) is 0 Å². The highest BCUT2D eigenvalue weighted by Gasteiger charge is 2.51. The van der Waals surface area contributed by atoms with Gasteiger partial charge in [-0.15, -0.1) is 0 Å². The topological polar surface area (TPSA) is 24.9 Å². The first-order chi connectivity index (χ1) is 21.8. The Bertz CT molecular complexity index is 1160. The molecule has 258 valence electrons. The maximum atomic E-state index is 6.95. The molecule has 2 aromatic rings. The number of unbranched alkanes of at least 4 members (excludes halogenated alkanes) is 1. The van der Waals surface area contributed by atoms with E-state index in [4.69, 9.17) is 9.68 Å². The Morgan fingerprint density at radius 2 is 1.33 bits per heavy atom. The normalized spacial score (nSPS) is 28.3. The van der Waals surface area contributed by atoms with Crippen molar-refractivity contribution in [2.45, 2.75) is 175 Å². The number of hydroxylamine groups is 4. The molecule has 2 aliphatic heterocycles. The van der Waals surface area contributed by atoms with Crippen molar-refractivity contribution in [3.05, 3.63) is 71.3 Å². The van der Waals surface area contributed by atoms with Gasteiger partial charge in [-0.3, -0.25) is 9.68 Å². The van der Waals surface area contributed by atoms with Crippen LogP contribution in [-0.4, -0.2) is 39.4 Å². The molecular formula is C42H68N2O2. The third-order valence-corrected chi connectivity index (χ3v) is 11.6. The van der Waals surface area contributed by atoms with Gasteiger partial charge < -0.3 is 0 Å². The lowest BCUT2D eigenvalue weighted by atomic mass is 9.68. The van der Waals surface area contributed by atoms with E-state index in [-0.39, 0.29) is 11.1 Å². The molecule has 2 aromatic carbocycles. The Hall–Kier alpha value is -1.72. The van der Waals surface area contributed by atoms with Crippen molar-refractivity contribution in [2.75, 3.05) is 0 Å². The number of piperidine rings is 2. The zero-order valence-electron chi connectivity index (χ0n) is 31.4. The molecule has 0 aliphatic carbocycles. The van der Waals surface area contributed by atoms with Crippen LogP contribution in [0.3, 0.4) is 0 Å². The number of rotatable bonds is 14. The second kappa shape index (κ2) is 16.1. The van der Waals surface area contributed by atoms with E-state index in [1.807, 2.05) is 0 Å². The van der Waals surface area contributed by atoms with Crippen LogP contribution in [0.4, 0.5) is 0 Å². The van der Waals surface area contributed by atoms with Gasteiger partial charge in [-0.25, -0.2) is 0 Å². The molecule has 2 aliphatic rings. The van der Waals surface area contributed by atoms with Gasteiger partial charge in [0.25, 0.3) is 0 Å². The summed E-state index contributed by atoms with van der Waals surface area (Å²) in [5.74, 6) is 2.61. The first-order valence-electron chi connectivity index (χ1n) is 18.8. The van der Waals surface area contributed by atoms with E-state index in [1.54, 1.807) is 0 Å². The van der Waals surface area contributed by atoms with Crippen molar-refractivity contribution in [2.24, 2.45) is 17.8 Å². The Morgan fingerprint density at radius 3 is 1.83 bits per heavy atom. The Labute approximate surface area is 283 Å². The van der Waals surface area contributed by atoms with Crippen molar-refractivity contribution in [1.82, 2.24) is 10.1 Å². The molecule has 2 heterocycles. The molecule has 0 radical (unpaired) electrons. The van der Waals surface area contributed by atoms with Gasteiger partial charge in [0.05, 0.1) is 12.7 Å². The van der Waals surface area contributed by atoms with Gasteiger partial charge in [0.1, 0.15) is 0 Å². The summed E-state index contributed by atoms with van der Waals surface area (Å²) in [6.45, 7) is 26.7. The second-order valence-corrected chi connectivity index (χ2v) is 16.6. The molecule has 0 aromatic heterocycles. The van der Waals surface area contributed by atoms with Gasteiger partial charge in [-0.2, -0.15) is 10.1 Å². The summed E-state index contributed by atoms with van der Waals surface area (Å²) in [4.78, 5) is 13.6. The number of hydrogen-bond acceptors (Lipinski definition) is 4. The summed E-state index contributed by atoms with van der Waals surface area (Å²) >= 11 is 0. The standard InChI is InChI=1S/C42H68N2O2/c1-12-14-20-38(13-2)46-44-41(9,10)27-37(28-42(44,11)32(7)8)35-23-21-34(22-24-35)36-25-39(30(3)4)43(40(26-36)31(5)6)45-29-33-18-16-15-17-19-33/h15-19,21-24,30-32,36-40H,12-14,20,25-29H2,1-11H3. The molecule has 0 amide bonds. The van der Waals surface area contributed by atoms with E-state index in [9.17, 15) is 0 Å². The van der Waals surface area contributed by atoms with Gasteiger partial charge in [-0.05, 0) is 106 Å². The summed E-state index contributed by atoms with van der Waals surface area (Å²) in [5.41, 5.74) is 4.16. The summed E-state index contributed by atoms with van der Waals surface area (Å²) < 4.78 is 0. The quantitative estimate of drug-likeness (QED) is 0.207. The zero-order valence-corrected chi connectivity index (χ0v) is 31.4. The fraction of sp³-hybridized carbons (Fsp3) is 0.714. The summed E-state index contributed by atoms with van der Waals surface area (Å²) in [7, 11) is 0. The van der Waals surface area contributed by atoms with E-state index in [0.29, 0.717) is 54.4 Å². The lowest BCUT2D eigenvalue weighted by Crippen LogP contribution is -2.64. The van der Waals surface area contributed by atoms with Crippen LogP contribution in [0, 0.1) is 17.8 Å². The van der Waals surface area contributed by atoms with Crippen LogP contribution in [0.25, 0.3) is 0 Å². The number of nitrogens with zero attached hydrogens (tertiary/aromatic N) is 2. The molecular weight excluding hydrogens is 564 g/mol. The van der Waals surface area contributed by atoms with Crippen molar-refractivity contribution in [3.8, 4) is 0 Å². The highest BCUT2D eigenvalue weighted by molar-refractivity contribution is 5.30. The summed E-state index contributed by atoms with van der Waals surface area (Å²) in [5, 5.41) is 4.84. The maximum Gasteiger partial charge on any atom is 0.0936 e. The summed E-state index contributed by atoms with van der Waals surface area (Å²) in [6, 6.07) is 21.3. The van der Waals surface area contributed by atoms with Crippen LogP contribution in [0.15, 0.2) is 54.6 Å². The number of hydrogen-bond donors (Lipinski definition) is 0. The van der Waals surface area contributed by atoms with Crippen LogP contribution >= 0.6 is 0 Å². The highest BCUT2D eigenvalue weighted by atomic mass is 16.7. The molecule has 4 heteroatoms. The minimum Gasteiger partial charge on any atom is -0.295 e. The van der Waals surface area contributed by atoms with E-state index in [1.165, 1.54) is 29.5 Å². The molecule has 0 bridgehead atoms. The predicted octanol–water partition coefficient (Wildman–Crippen LogP) is 11.3. The molecule has 0 N–H and O–H groups in total. The third kappa shape index (κ3) is 8.65. The molecule has 0 saturated carbocycles. The largest absolute Gasteiger partial charge is 0.295 e. The first-order valence-corrected chi connectivity index (χ1v) is 18.8. The van der Waals surface area contributed by atoms with Gasteiger partial charge in [0.2, 0.25) is 0 Å². The fourth-order valence-corrected chi connectivity index (χ4v) is 8.40. The third-order valence-electron chi connectivity index (χ3n) is 11.6. The molecule has 2 fully saturated rings. The Morgan fingerprint density at radius 1 is 0.761 bits per heavy atom. The molecule has 46 heavy (non-hydrogen) atoms. The number of benzene rings is 2. The van der Waals surface area contributed by atoms with E-state index < -0.39 is 0 Å². The van der Waals surface area contributed by atoms with Crippen molar-refractivity contribution in [3.63, 3.8) is 0 Å². The van der Waals surface area contributed by atoms with Gasteiger partial charge in [-0.1, -0.05) is 123 Å². The highest BCUT2D eigenvalue weighted by Crippen LogP contribution is 2.50. The monoisotopic (exact) mass is 633 g/mol. The van der Waals surface area contributed by atoms with Crippen molar-refractivity contribution >= 4 is 0 Å². The zero-order chi connectivity index (χ0) is 33.6. The lowest BCUT2D eigenvalue weighted by molar-refractivity contribution is -0.320. The fourth-order valence-electron chi connectivity index (χ4n) is 8.40. The maximum absolute atomic E-state index is 6.95. The van der Waals surface area contributed by atoms with Gasteiger partial charge >= 0.3 is 0 Å². The Kier molecular flexibility index (Phi) is 13.0. The Balaban J connectivity index is 1.51. The molecule has 4 nitrogen and oxygen atoms in total. The molecule has 5 atom stereocenters. The van der Waals surface area contributed by atoms with Gasteiger partial charge in [0, 0.05) is 23.2 Å². The van der Waals surface area contributed by atoms with Crippen LogP contribution in [0.1, 0.15) is 156 Å². The van der Waals surface area contributed by atoms with Crippen LogP contribution in [0.5, 0.6) is 0 Å². The van der Waals surface area contributed by atoms with E-state index in [2.05, 4.69) is 141 Å². The average molecular weight is 633 g/mol. The smallest absolute Gasteiger partial charge is 0.0936 e. The first kappa shape index (κ1) is 37.1. The minimum absolute atomic E-state index is 0.0216. The van der Waals surface area contributed by atoms with E-state index >= 15 is 0 Å². The predicted molar refractivity (Wildman–Crippen MR) is 195 cm³/mol. The second-order valence-electron chi connectivity index (χ2n) is 16.6.